The summed E-state index contributed by atoms with van der Waals surface area (Å²) in [6.45, 7) is 1.68. The minimum absolute atomic E-state index is 0.279. The summed E-state index contributed by atoms with van der Waals surface area (Å²) < 4.78 is 5.76. The molecule has 0 amide bonds. The van der Waals surface area contributed by atoms with E-state index in [1.807, 2.05) is 25.2 Å². The minimum Gasteiger partial charge on any atom is -0.493 e. The van der Waals surface area contributed by atoms with Gasteiger partial charge in [0, 0.05) is 23.7 Å². The molecule has 0 heterocycles. The second-order valence-corrected chi connectivity index (χ2v) is 4.64. The van der Waals surface area contributed by atoms with E-state index < -0.39 is 0 Å². The number of benzene rings is 1. The Hall–Kier alpha value is -0.770. The zero-order valence-corrected chi connectivity index (χ0v) is 11.7. The zero-order valence-electron chi connectivity index (χ0n) is 10.9. The lowest BCUT2D eigenvalue weighted by Crippen LogP contribution is -2.08. The van der Waals surface area contributed by atoms with Crippen molar-refractivity contribution in [2.24, 2.45) is 0 Å². The van der Waals surface area contributed by atoms with Gasteiger partial charge in [0.25, 0.3) is 0 Å². The molecule has 0 aliphatic heterocycles. The fraction of sp³-hybridized carbons (Fsp3) is 0.571. The van der Waals surface area contributed by atoms with E-state index in [0.29, 0.717) is 13.2 Å². The summed E-state index contributed by atoms with van der Waals surface area (Å²) in [5, 5.41) is 12.5. The first-order valence-electron chi connectivity index (χ1n) is 6.45. The molecule has 102 valence electrons. The number of ether oxygens (including phenoxy) is 1. The normalized spacial score (nSPS) is 10.6. The summed E-state index contributed by atoms with van der Waals surface area (Å²) in [6.07, 6.45) is 4.02. The van der Waals surface area contributed by atoms with Crippen LogP contribution in [0, 0.1) is 0 Å². The van der Waals surface area contributed by atoms with Crippen LogP contribution in [0.3, 0.4) is 0 Å². The molecule has 0 spiro atoms. The quantitative estimate of drug-likeness (QED) is 0.679. The summed E-state index contributed by atoms with van der Waals surface area (Å²) in [4.78, 5) is 0. The van der Waals surface area contributed by atoms with Gasteiger partial charge in [-0.15, -0.1) is 0 Å². The summed E-state index contributed by atoms with van der Waals surface area (Å²) in [6, 6.07) is 5.73. The highest BCUT2D eigenvalue weighted by Crippen LogP contribution is 2.26. The molecule has 0 saturated carbocycles. The standard InChI is InChI=1S/C14H22ClNO2/c1-16-11-12-13(15)7-6-8-14(12)18-10-5-3-2-4-9-17/h6-8,16-17H,2-5,9-11H2,1H3. The fourth-order valence-electron chi connectivity index (χ4n) is 1.77. The third-order valence-electron chi connectivity index (χ3n) is 2.74. The van der Waals surface area contributed by atoms with Crippen molar-refractivity contribution in [3.63, 3.8) is 0 Å². The van der Waals surface area contributed by atoms with E-state index in [1.54, 1.807) is 0 Å². The third kappa shape index (κ3) is 5.25. The Labute approximate surface area is 114 Å². The Balaban J connectivity index is 2.39. The highest BCUT2D eigenvalue weighted by atomic mass is 35.5. The molecule has 0 atom stereocenters. The van der Waals surface area contributed by atoms with E-state index in [0.717, 1.165) is 42.0 Å². The van der Waals surface area contributed by atoms with Crippen LogP contribution in [-0.4, -0.2) is 25.4 Å². The molecule has 1 aromatic rings. The maximum Gasteiger partial charge on any atom is 0.125 e. The van der Waals surface area contributed by atoms with Gasteiger partial charge in [-0.1, -0.05) is 24.1 Å². The van der Waals surface area contributed by atoms with Gasteiger partial charge in [0.15, 0.2) is 0 Å². The van der Waals surface area contributed by atoms with Crippen LogP contribution in [-0.2, 0) is 6.54 Å². The Kier molecular flexibility index (Phi) is 7.81. The van der Waals surface area contributed by atoms with Gasteiger partial charge in [-0.25, -0.2) is 0 Å². The SMILES string of the molecule is CNCc1c(Cl)cccc1OCCCCCCO. The number of aliphatic hydroxyl groups is 1. The van der Waals surface area contributed by atoms with E-state index in [2.05, 4.69) is 5.32 Å². The average Bonchev–Trinajstić information content (AvgIpc) is 2.37. The average molecular weight is 272 g/mol. The molecule has 18 heavy (non-hydrogen) atoms. The molecule has 0 aromatic heterocycles. The van der Waals surface area contributed by atoms with Crippen molar-refractivity contribution in [3.05, 3.63) is 28.8 Å². The highest BCUT2D eigenvalue weighted by molar-refractivity contribution is 6.31. The van der Waals surface area contributed by atoms with Crippen molar-refractivity contribution in [2.45, 2.75) is 32.2 Å². The van der Waals surface area contributed by atoms with Crippen molar-refractivity contribution in [1.29, 1.82) is 0 Å². The Bertz CT molecular complexity index is 345. The lowest BCUT2D eigenvalue weighted by atomic mass is 10.2. The maximum atomic E-state index is 8.67. The van der Waals surface area contributed by atoms with Crippen molar-refractivity contribution in [3.8, 4) is 5.75 Å². The molecule has 0 aliphatic rings. The lowest BCUT2D eigenvalue weighted by molar-refractivity contribution is 0.273. The first-order valence-corrected chi connectivity index (χ1v) is 6.83. The third-order valence-corrected chi connectivity index (χ3v) is 3.09. The smallest absolute Gasteiger partial charge is 0.125 e. The number of rotatable bonds is 9. The Morgan fingerprint density at radius 2 is 2.00 bits per heavy atom. The van der Waals surface area contributed by atoms with Crippen molar-refractivity contribution in [1.82, 2.24) is 5.32 Å². The molecule has 0 fully saturated rings. The minimum atomic E-state index is 0.279. The summed E-state index contributed by atoms with van der Waals surface area (Å²) >= 11 is 6.14. The Morgan fingerprint density at radius 1 is 1.22 bits per heavy atom. The summed E-state index contributed by atoms with van der Waals surface area (Å²) in [7, 11) is 1.89. The first kappa shape index (κ1) is 15.3. The lowest BCUT2D eigenvalue weighted by Gasteiger charge is -2.12. The largest absolute Gasteiger partial charge is 0.493 e. The number of halogens is 1. The summed E-state index contributed by atoms with van der Waals surface area (Å²) in [5.74, 6) is 0.860. The predicted molar refractivity (Wildman–Crippen MR) is 75.3 cm³/mol. The van der Waals surface area contributed by atoms with Crippen LogP contribution >= 0.6 is 11.6 Å². The molecule has 0 aliphatic carbocycles. The van der Waals surface area contributed by atoms with Gasteiger partial charge in [-0.05, 0) is 38.4 Å². The van der Waals surface area contributed by atoms with Crippen LogP contribution in [0.1, 0.15) is 31.2 Å². The van der Waals surface area contributed by atoms with Crippen LogP contribution in [0.2, 0.25) is 5.02 Å². The van der Waals surface area contributed by atoms with Crippen LogP contribution in [0.5, 0.6) is 5.75 Å². The second-order valence-electron chi connectivity index (χ2n) is 4.23. The molecule has 1 rings (SSSR count). The van der Waals surface area contributed by atoms with Gasteiger partial charge in [-0.2, -0.15) is 0 Å². The highest BCUT2D eigenvalue weighted by Gasteiger charge is 2.06. The first-order chi connectivity index (χ1) is 8.79. The number of aliphatic hydroxyl groups excluding tert-OH is 1. The number of hydrogen-bond acceptors (Lipinski definition) is 3. The van der Waals surface area contributed by atoms with Crippen molar-refractivity contribution >= 4 is 11.6 Å². The van der Waals surface area contributed by atoms with E-state index in [4.69, 9.17) is 21.4 Å². The van der Waals surface area contributed by atoms with Crippen LogP contribution in [0.15, 0.2) is 18.2 Å². The van der Waals surface area contributed by atoms with Crippen LogP contribution in [0.4, 0.5) is 0 Å². The van der Waals surface area contributed by atoms with Gasteiger partial charge in [-0.3, -0.25) is 0 Å². The summed E-state index contributed by atoms with van der Waals surface area (Å²) in [5.41, 5.74) is 1.01. The molecule has 3 nitrogen and oxygen atoms in total. The molecule has 1 aromatic carbocycles. The molecule has 0 bridgehead atoms. The van der Waals surface area contributed by atoms with Gasteiger partial charge in [0.2, 0.25) is 0 Å². The molecular formula is C14H22ClNO2. The monoisotopic (exact) mass is 271 g/mol. The predicted octanol–water partition coefficient (Wildman–Crippen LogP) is 2.99. The van der Waals surface area contributed by atoms with Gasteiger partial charge in [0.1, 0.15) is 5.75 Å². The van der Waals surface area contributed by atoms with Gasteiger partial charge >= 0.3 is 0 Å². The fourth-order valence-corrected chi connectivity index (χ4v) is 2.00. The van der Waals surface area contributed by atoms with E-state index in [-0.39, 0.29) is 6.61 Å². The van der Waals surface area contributed by atoms with Gasteiger partial charge in [0.05, 0.1) is 6.61 Å². The van der Waals surface area contributed by atoms with Gasteiger partial charge < -0.3 is 15.2 Å². The van der Waals surface area contributed by atoms with Crippen molar-refractivity contribution < 1.29 is 9.84 Å². The van der Waals surface area contributed by atoms with Crippen molar-refractivity contribution in [2.75, 3.05) is 20.3 Å². The van der Waals surface area contributed by atoms with E-state index >= 15 is 0 Å². The molecule has 2 N–H and O–H groups in total. The van der Waals surface area contributed by atoms with E-state index in [9.17, 15) is 0 Å². The second kappa shape index (κ2) is 9.20. The van der Waals surface area contributed by atoms with E-state index in [1.165, 1.54) is 0 Å². The number of nitrogens with one attached hydrogen (secondary N) is 1. The van der Waals surface area contributed by atoms with Crippen LogP contribution in [0.25, 0.3) is 0 Å². The molecule has 0 radical (unpaired) electrons. The number of unbranched alkanes of at least 4 members (excludes halogenated alkanes) is 3. The zero-order chi connectivity index (χ0) is 13.2. The van der Waals surface area contributed by atoms with Crippen LogP contribution < -0.4 is 10.1 Å². The molecule has 0 saturated heterocycles. The number of hydrogen-bond donors (Lipinski definition) is 2. The Morgan fingerprint density at radius 3 is 2.72 bits per heavy atom. The molecule has 4 heteroatoms. The topological polar surface area (TPSA) is 41.5 Å². The maximum absolute atomic E-state index is 8.67. The molecular weight excluding hydrogens is 250 g/mol. The molecule has 0 unspecified atom stereocenters.